The molecule has 6 heteroatoms. The van der Waals surface area contributed by atoms with E-state index in [1.807, 2.05) is 18.2 Å². The fourth-order valence-corrected chi connectivity index (χ4v) is 2.59. The molecule has 0 bridgehead atoms. The summed E-state index contributed by atoms with van der Waals surface area (Å²) in [6.45, 7) is 0. The quantitative estimate of drug-likeness (QED) is 0.662. The predicted molar refractivity (Wildman–Crippen MR) is 73.8 cm³/mol. The molecule has 94 valence electrons. The van der Waals surface area contributed by atoms with Gasteiger partial charge in [0.15, 0.2) is 0 Å². The number of benzene rings is 1. The number of carboxylic acids is 1. The molecule has 2 rings (SSSR count). The molecule has 0 saturated carbocycles. The Morgan fingerprint density at radius 2 is 2.22 bits per heavy atom. The molecule has 1 heterocycles. The van der Waals surface area contributed by atoms with E-state index in [-0.39, 0.29) is 5.56 Å². The van der Waals surface area contributed by atoms with Crippen molar-refractivity contribution in [3.8, 4) is 0 Å². The first-order valence-electron chi connectivity index (χ1n) is 5.05. The van der Waals surface area contributed by atoms with Crippen molar-refractivity contribution in [2.75, 3.05) is 5.73 Å². The number of nitrogens with two attached hydrogens (primary N) is 1. The summed E-state index contributed by atoms with van der Waals surface area (Å²) < 4.78 is 6.09. The number of nitrogen functional groups attached to an aromatic ring is 1. The third-order valence-corrected chi connectivity index (χ3v) is 3.85. The maximum absolute atomic E-state index is 10.7. The van der Waals surface area contributed by atoms with Gasteiger partial charge in [-0.2, -0.15) is 0 Å². The first-order chi connectivity index (χ1) is 8.56. The van der Waals surface area contributed by atoms with Crippen LogP contribution in [0.2, 0.25) is 0 Å². The zero-order valence-corrected chi connectivity index (χ0v) is 11.6. The molecule has 0 saturated heterocycles. The van der Waals surface area contributed by atoms with Crippen LogP contribution in [0.25, 0.3) is 0 Å². The van der Waals surface area contributed by atoms with Crippen LogP contribution in [0.5, 0.6) is 0 Å². The third kappa shape index (κ3) is 3.08. The van der Waals surface area contributed by atoms with Crippen LogP contribution in [0.3, 0.4) is 0 Å². The fourth-order valence-electron chi connectivity index (χ4n) is 1.37. The zero-order chi connectivity index (χ0) is 13.1. The molecule has 2 aromatic rings. The molecule has 0 radical (unpaired) electrons. The Hall–Kier alpha value is -1.40. The number of hydrogen-bond donors (Lipinski definition) is 2. The Labute approximate surface area is 116 Å². The SMILES string of the molecule is Nc1cc(Br)ccc1SCc1cc(C(=O)O)co1. The second-order valence-electron chi connectivity index (χ2n) is 3.58. The van der Waals surface area contributed by atoms with E-state index in [9.17, 15) is 4.79 Å². The van der Waals surface area contributed by atoms with Gasteiger partial charge in [0.1, 0.15) is 12.0 Å². The average molecular weight is 328 g/mol. The van der Waals surface area contributed by atoms with E-state index in [1.165, 1.54) is 24.1 Å². The van der Waals surface area contributed by atoms with Gasteiger partial charge in [-0.05, 0) is 24.3 Å². The second kappa shape index (κ2) is 5.49. The van der Waals surface area contributed by atoms with E-state index in [4.69, 9.17) is 15.3 Å². The zero-order valence-electron chi connectivity index (χ0n) is 9.22. The molecule has 0 aliphatic heterocycles. The van der Waals surface area contributed by atoms with Crippen molar-refractivity contribution in [2.45, 2.75) is 10.6 Å². The number of aromatic carboxylic acids is 1. The highest BCUT2D eigenvalue weighted by atomic mass is 79.9. The van der Waals surface area contributed by atoms with Gasteiger partial charge in [-0.1, -0.05) is 15.9 Å². The number of thioether (sulfide) groups is 1. The van der Waals surface area contributed by atoms with Gasteiger partial charge in [-0.3, -0.25) is 0 Å². The normalized spacial score (nSPS) is 10.5. The van der Waals surface area contributed by atoms with Gasteiger partial charge < -0.3 is 15.3 Å². The van der Waals surface area contributed by atoms with Crippen LogP contribution >= 0.6 is 27.7 Å². The van der Waals surface area contributed by atoms with E-state index in [1.54, 1.807) is 0 Å². The topological polar surface area (TPSA) is 76.5 Å². The molecular formula is C12H10BrNO3S. The molecule has 0 spiro atoms. The summed E-state index contributed by atoms with van der Waals surface area (Å²) in [7, 11) is 0. The molecule has 18 heavy (non-hydrogen) atoms. The third-order valence-electron chi connectivity index (χ3n) is 2.24. The lowest BCUT2D eigenvalue weighted by atomic mass is 10.3. The molecule has 3 N–H and O–H groups in total. The molecule has 1 aromatic heterocycles. The van der Waals surface area contributed by atoms with Crippen LogP contribution in [0.1, 0.15) is 16.1 Å². The van der Waals surface area contributed by atoms with Crippen molar-refractivity contribution in [1.82, 2.24) is 0 Å². The highest BCUT2D eigenvalue weighted by Gasteiger charge is 2.09. The number of furan rings is 1. The Balaban J connectivity index is 2.04. The van der Waals surface area contributed by atoms with E-state index in [2.05, 4.69) is 15.9 Å². The number of anilines is 1. The number of halogens is 1. The minimum atomic E-state index is -0.988. The molecule has 4 nitrogen and oxygen atoms in total. The molecule has 0 unspecified atom stereocenters. The maximum atomic E-state index is 10.7. The lowest BCUT2D eigenvalue weighted by molar-refractivity contribution is 0.0696. The Kier molecular flexibility index (Phi) is 3.98. The van der Waals surface area contributed by atoms with E-state index >= 15 is 0 Å². The van der Waals surface area contributed by atoms with Crippen LogP contribution in [0.4, 0.5) is 5.69 Å². The smallest absolute Gasteiger partial charge is 0.338 e. The summed E-state index contributed by atoms with van der Waals surface area (Å²) in [5.41, 5.74) is 6.70. The summed E-state index contributed by atoms with van der Waals surface area (Å²) in [6.07, 6.45) is 1.24. The molecule has 0 amide bonds. The van der Waals surface area contributed by atoms with Crippen molar-refractivity contribution < 1.29 is 14.3 Å². The van der Waals surface area contributed by atoms with Crippen LogP contribution in [0, 0.1) is 0 Å². The highest BCUT2D eigenvalue weighted by Crippen LogP contribution is 2.30. The first-order valence-corrected chi connectivity index (χ1v) is 6.82. The minimum Gasteiger partial charge on any atom is -0.478 e. The summed E-state index contributed by atoms with van der Waals surface area (Å²) in [5.74, 6) is 0.164. The molecule has 0 aliphatic carbocycles. The van der Waals surface area contributed by atoms with Gasteiger partial charge >= 0.3 is 5.97 Å². The van der Waals surface area contributed by atoms with Gasteiger partial charge in [0.05, 0.1) is 11.3 Å². The van der Waals surface area contributed by atoms with Crippen LogP contribution in [-0.4, -0.2) is 11.1 Å². The van der Waals surface area contributed by atoms with Crippen molar-refractivity contribution in [2.24, 2.45) is 0 Å². The maximum Gasteiger partial charge on any atom is 0.338 e. The number of carboxylic acid groups (broad SMARTS) is 1. The highest BCUT2D eigenvalue weighted by molar-refractivity contribution is 9.10. The van der Waals surface area contributed by atoms with E-state index in [0.29, 0.717) is 17.2 Å². The fraction of sp³-hybridized carbons (Fsp3) is 0.0833. The van der Waals surface area contributed by atoms with Crippen molar-refractivity contribution in [1.29, 1.82) is 0 Å². The molecule has 0 fully saturated rings. The van der Waals surface area contributed by atoms with Gasteiger partial charge in [0, 0.05) is 15.1 Å². The van der Waals surface area contributed by atoms with E-state index < -0.39 is 5.97 Å². The number of carbonyl (C=O) groups is 1. The van der Waals surface area contributed by atoms with Crippen molar-refractivity contribution in [3.05, 3.63) is 46.3 Å². The lowest BCUT2D eigenvalue weighted by Crippen LogP contribution is -1.92. The lowest BCUT2D eigenvalue weighted by Gasteiger charge is -2.04. The number of hydrogen-bond acceptors (Lipinski definition) is 4. The van der Waals surface area contributed by atoms with Crippen molar-refractivity contribution in [3.63, 3.8) is 0 Å². The summed E-state index contributed by atoms with van der Waals surface area (Å²) in [6, 6.07) is 7.16. The van der Waals surface area contributed by atoms with Gasteiger partial charge in [-0.25, -0.2) is 4.79 Å². The molecule has 0 atom stereocenters. The average Bonchev–Trinajstić information content (AvgIpc) is 2.76. The predicted octanol–water partition coefficient (Wildman–Crippen LogP) is 3.61. The van der Waals surface area contributed by atoms with E-state index in [0.717, 1.165) is 9.37 Å². The van der Waals surface area contributed by atoms with Gasteiger partial charge in [-0.15, -0.1) is 11.8 Å². The van der Waals surface area contributed by atoms with Crippen LogP contribution in [-0.2, 0) is 5.75 Å². The molecular weight excluding hydrogens is 318 g/mol. The van der Waals surface area contributed by atoms with Crippen molar-refractivity contribution >= 4 is 39.3 Å². The van der Waals surface area contributed by atoms with Crippen LogP contribution < -0.4 is 5.73 Å². The minimum absolute atomic E-state index is 0.161. The number of rotatable bonds is 4. The Morgan fingerprint density at radius 3 is 2.83 bits per heavy atom. The summed E-state index contributed by atoms with van der Waals surface area (Å²) in [5, 5.41) is 8.77. The van der Waals surface area contributed by atoms with Gasteiger partial charge in [0.2, 0.25) is 0 Å². The monoisotopic (exact) mass is 327 g/mol. The standard InChI is InChI=1S/C12H10BrNO3S/c13-8-1-2-11(10(14)4-8)18-6-9-3-7(5-17-9)12(15)16/h1-5H,6,14H2,(H,15,16). The van der Waals surface area contributed by atoms with Gasteiger partial charge in [0.25, 0.3) is 0 Å². The summed E-state index contributed by atoms with van der Waals surface area (Å²) >= 11 is 4.84. The largest absolute Gasteiger partial charge is 0.478 e. The Morgan fingerprint density at radius 1 is 1.44 bits per heavy atom. The summed E-state index contributed by atoms with van der Waals surface area (Å²) in [4.78, 5) is 11.6. The van der Waals surface area contributed by atoms with Crippen LogP contribution in [0.15, 0.2) is 44.3 Å². The first kappa shape index (κ1) is 13.0. The Bertz CT molecular complexity index is 582. The second-order valence-corrected chi connectivity index (χ2v) is 5.51. The molecule has 0 aliphatic rings. The molecule has 1 aromatic carbocycles.